The van der Waals surface area contributed by atoms with E-state index in [0.29, 0.717) is 18.2 Å². The highest BCUT2D eigenvalue weighted by Gasteiger charge is 2.51. The van der Waals surface area contributed by atoms with Crippen LogP contribution in [0.2, 0.25) is 0 Å². The Morgan fingerprint density at radius 2 is 1.76 bits per heavy atom. The number of hydrogen-bond acceptors (Lipinski definition) is 6. The third-order valence-electron chi connectivity index (χ3n) is 8.43. The van der Waals surface area contributed by atoms with E-state index in [1.165, 1.54) is 0 Å². The lowest BCUT2D eigenvalue weighted by atomic mass is 9.81. The second-order valence-corrected chi connectivity index (χ2v) is 11.0. The Labute approximate surface area is 239 Å². The zero-order chi connectivity index (χ0) is 28.5. The molecule has 1 N–H and O–H groups in total. The molecule has 2 heterocycles. The molecule has 1 aliphatic heterocycles. The summed E-state index contributed by atoms with van der Waals surface area (Å²) in [5.41, 5.74) is 4.01. The van der Waals surface area contributed by atoms with Crippen LogP contribution in [0, 0.1) is 5.92 Å². The SMILES string of the molecule is CCOc1ncc(-c2cccc(C(=O)N3c4ccccc4C(N(C(=O)CCC(=O)O)C4CC4)C4CCCC43)c2)cn1. The summed E-state index contributed by atoms with van der Waals surface area (Å²) >= 11 is 0. The standard InChI is InChI=1S/C32H34N4O5/c1-2-41-32-33-18-22(19-34-32)20-7-5-8-21(17-20)31(40)36-26-11-4-3-9-24(26)30(25-10-6-12-27(25)36)35(23-13-14-23)28(37)15-16-29(38)39/h3-5,7-9,11,17-19,23,25,27,30H,2,6,10,12-16H2,1H3,(H,38,39). The van der Waals surface area contributed by atoms with E-state index < -0.39 is 5.97 Å². The fourth-order valence-corrected chi connectivity index (χ4v) is 6.56. The molecule has 212 valence electrons. The first-order chi connectivity index (χ1) is 20.0. The van der Waals surface area contributed by atoms with E-state index in [4.69, 9.17) is 4.74 Å². The first-order valence-corrected chi connectivity index (χ1v) is 14.5. The van der Waals surface area contributed by atoms with Gasteiger partial charge in [-0.25, -0.2) is 9.97 Å². The zero-order valence-electron chi connectivity index (χ0n) is 23.1. The van der Waals surface area contributed by atoms with Crippen LogP contribution in [-0.2, 0) is 9.59 Å². The van der Waals surface area contributed by atoms with Crippen LogP contribution in [0.3, 0.4) is 0 Å². The number of rotatable bonds is 9. The van der Waals surface area contributed by atoms with Crippen molar-refractivity contribution in [1.82, 2.24) is 14.9 Å². The maximum atomic E-state index is 14.3. The minimum atomic E-state index is -0.965. The van der Waals surface area contributed by atoms with E-state index in [9.17, 15) is 19.5 Å². The molecule has 41 heavy (non-hydrogen) atoms. The average molecular weight is 555 g/mol. The number of fused-ring (bicyclic) bond motifs is 2. The fourth-order valence-electron chi connectivity index (χ4n) is 6.56. The van der Waals surface area contributed by atoms with Crippen LogP contribution >= 0.6 is 0 Å². The first-order valence-electron chi connectivity index (χ1n) is 14.5. The third-order valence-corrected chi connectivity index (χ3v) is 8.43. The average Bonchev–Trinajstić information content (AvgIpc) is 3.71. The van der Waals surface area contributed by atoms with Gasteiger partial charge in [0, 0.05) is 53.6 Å². The van der Waals surface area contributed by atoms with Gasteiger partial charge in [-0.3, -0.25) is 14.4 Å². The second kappa shape index (κ2) is 11.3. The molecule has 2 fully saturated rings. The number of benzene rings is 2. The normalized spacial score (nSPS) is 21.1. The smallest absolute Gasteiger partial charge is 0.316 e. The first kappa shape index (κ1) is 26.9. The van der Waals surface area contributed by atoms with E-state index in [2.05, 4.69) is 9.97 Å². The molecule has 3 unspecified atom stereocenters. The van der Waals surface area contributed by atoms with Gasteiger partial charge >= 0.3 is 12.0 Å². The molecule has 2 saturated carbocycles. The number of ether oxygens (including phenoxy) is 1. The molecule has 2 aliphatic carbocycles. The van der Waals surface area contributed by atoms with Crippen LogP contribution in [0.15, 0.2) is 60.9 Å². The highest BCUT2D eigenvalue weighted by molar-refractivity contribution is 6.08. The fraction of sp³-hybridized carbons (Fsp3) is 0.406. The summed E-state index contributed by atoms with van der Waals surface area (Å²) in [7, 11) is 0. The van der Waals surface area contributed by atoms with E-state index in [1.54, 1.807) is 12.4 Å². The van der Waals surface area contributed by atoms with Crippen molar-refractivity contribution in [3.8, 4) is 17.1 Å². The van der Waals surface area contributed by atoms with Gasteiger partial charge in [-0.15, -0.1) is 0 Å². The predicted octanol–water partition coefficient (Wildman–Crippen LogP) is 5.27. The Morgan fingerprint density at radius 1 is 0.976 bits per heavy atom. The maximum Gasteiger partial charge on any atom is 0.316 e. The van der Waals surface area contributed by atoms with E-state index in [1.807, 2.05) is 65.3 Å². The molecule has 3 aromatic rings. The zero-order valence-corrected chi connectivity index (χ0v) is 23.1. The van der Waals surface area contributed by atoms with Gasteiger partial charge in [0.25, 0.3) is 5.91 Å². The second-order valence-electron chi connectivity index (χ2n) is 11.0. The lowest BCUT2D eigenvalue weighted by Gasteiger charge is -2.48. The number of nitrogens with zero attached hydrogens (tertiary/aromatic N) is 4. The number of aliphatic carboxylic acids is 1. The van der Waals surface area contributed by atoms with Crippen molar-refractivity contribution in [2.45, 2.75) is 70.0 Å². The van der Waals surface area contributed by atoms with Gasteiger partial charge in [0.2, 0.25) is 5.91 Å². The number of hydrogen-bond donors (Lipinski definition) is 1. The van der Waals surface area contributed by atoms with Crippen LogP contribution in [0.25, 0.3) is 11.1 Å². The van der Waals surface area contributed by atoms with Crippen molar-refractivity contribution in [1.29, 1.82) is 0 Å². The lowest BCUT2D eigenvalue weighted by Crippen LogP contribution is -2.52. The number of para-hydroxylation sites is 1. The molecule has 0 saturated heterocycles. The number of carboxylic acids is 1. The van der Waals surface area contributed by atoms with Crippen LogP contribution < -0.4 is 9.64 Å². The highest BCUT2D eigenvalue weighted by Crippen LogP contribution is 2.53. The monoisotopic (exact) mass is 554 g/mol. The Hall–Kier alpha value is -4.27. The lowest BCUT2D eigenvalue weighted by molar-refractivity contribution is -0.142. The van der Waals surface area contributed by atoms with Crippen LogP contribution in [0.5, 0.6) is 6.01 Å². The number of aromatic nitrogens is 2. The van der Waals surface area contributed by atoms with Gasteiger partial charge in [-0.1, -0.05) is 36.8 Å². The molecule has 3 atom stereocenters. The third kappa shape index (κ3) is 5.28. The molecule has 3 aliphatic rings. The molecule has 2 aromatic carbocycles. The molecule has 1 aromatic heterocycles. The molecule has 9 heteroatoms. The Morgan fingerprint density at radius 3 is 2.49 bits per heavy atom. The van der Waals surface area contributed by atoms with Gasteiger partial charge in [0.15, 0.2) is 0 Å². The molecule has 0 radical (unpaired) electrons. The number of anilines is 1. The largest absolute Gasteiger partial charge is 0.481 e. The Balaban J connectivity index is 1.35. The summed E-state index contributed by atoms with van der Waals surface area (Å²) in [5, 5.41) is 9.22. The number of carboxylic acid groups (broad SMARTS) is 1. The molecule has 9 nitrogen and oxygen atoms in total. The number of amides is 2. The van der Waals surface area contributed by atoms with E-state index in [-0.39, 0.29) is 48.7 Å². The quantitative estimate of drug-likeness (QED) is 0.383. The molecule has 6 rings (SSSR count). The minimum absolute atomic E-state index is 0.00735. The summed E-state index contributed by atoms with van der Waals surface area (Å²) in [4.78, 5) is 51.5. The van der Waals surface area contributed by atoms with Gasteiger partial charge in [0.1, 0.15) is 0 Å². The predicted molar refractivity (Wildman–Crippen MR) is 152 cm³/mol. The van der Waals surface area contributed by atoms with Crippen molar-refractivity contribution < 1.29 is 24.2 Å². The summed E-state index contributed by atoms with van der Waals surface area (Å²) in [6.45, 7) is 2.36. The Kier molecular flexibility index (Phi) is 7.43. The summed E-state index contributed by atoms with van der Waals surface area (Å²) in [6, 6.07) is 15.7. The number of carbonyl (C=O) groups excluding carboxylic acids is 2. The highest BCUT2D eigenvalue weighted by atomic mass is 16.5. The molecule has 0 bridgehead atoms. The van der Waals surface area contributed by atoms with Crippen LogP contribution in [0.4, 0.5) is 5.69 Å². The van der Waals surface area contributed by atoms with Crippen LogP contribution in [-0.4, -0.2) is 56.4 Å². The summed E-state index contributed by atoms with van der Waals surface area (Å²) in [6.07, 6.45) is 7.81. The van der Waals surface area contributed by atoms with Crippen LogP contribution in [0.1, 0.15) is 73.8 Å². The van der Waals surface area contributed by atoms with Gasteiger partial charge in [-0.05, 0) is 61.9 Å². The number of carbonyl (C=O) groups is 3. The van der Waals surface area contributed by atoms with E-state index in [0.717, 1.165) is 54.5 Å². The Bertz CT molecular complexity index is 1450. The van der Waals surface area contributed by atoms with Crippen molar-refractivity contribution in [2.24, 2.45) is 5.92 Å². The topological polar surface area (TPSA) is 113 Å². The molecule has 2 amide bonds. The minimum Gasteiger partial charge on any atom is -0.481 e. The van der Waals surface area contributed by atoms with Crippen molar-refractivity contribution in [3.05, 3.63) is 72.1 Å². The van der Waals surface area contributed by atoms with Gasteiger partial charge < -0.3 is 19.6 Å². The van der Waals surface area contributed by atoms with Crippen molar-refractivity contribution in [2.75, 3.05) is 11.5 Å². The molecular weight excluding hydrogens is 520 g/mol. The van der Waals surface area contributed by atoms with Crippen molar-refractivity contribution >= 4 is 23.5 Å². The molecular formula is C32H34N4O5. The van der Waals surface area contributed by atoms with Gasteiger partial charge in [0.05, 0.1) is 19.1 Å². The molecule has 0 spiro atoms. The summed E-state index contributed by atoms with van der Waals surface area (Å²) in [5.74, 6) is -1.05. The maximum absolute atomic E-state index is 14.3. The summed E-state index contributed by atoms with van der Waals surface area (Å²) < 4.78 is 5.36. The van der Waals surface area contributed by atoms with E-state index >= 15 is 0 Å². The van der Waals surface area contributed by atoms with Crippen molar-refractivity contribution in [3.63, 3.8) is 0 Å². The van der Waals surface area contributed by atoms with Gasteiger partial charge in [-0.2, -0.15) is 0 Å².